The van der Waals surface area contributed by atoms with E-state index in [1.165, 1.54) is 27.7 Å². The first-order chi connectivity index (χ1) is 17.1. The van der Waals surface area contributed by atoms with Gasteiger partial charge in [0.25, 0.3) is 0 Å². The van der Waals surface area contributed by atoms with Gasteiger partial charge in [-0.2, -0.15) is 0 Å². The predicted octanol–water partition coefficient (Wildman–Crippen LogP) is 3.32. The van der Waals surface area contributed by atoms with E-state index in [2.05, 4.69) is 20.4 Å². The molecular weight excluding hydrogens is 480 g/mol. The lowest BCUT2D eigenvalue weighted by atomic mass is 9.38. The minimum atomic E-state index is -1.53. The highest BCUT2D eigenvalue weighted by molar-refractivity contribution is 6.05. The number of ether oxygens (including phenoxy) is 4. The minimum Gasteiger partial charge on any atom is -0.462 e. The van der Waals surface area contributed by atoms with Crippen molar-refractivity contribution in [3.8, 4) is 0 Å². The summed E-state index contributed by atoms with van der Waals surface area (Å²) in [6, 6.07) is 0. The summed E-state index contributed by atoms with van der Waals surface area (Å²) in [6.07, 6.45) is -1.44. The number of hydrogen-bond acceptors (Lipinski definition) is 9. The molecule has 4 fully saturated rings. The molecule has 37 heavy (non-hydrogen) atoms. The number of Topliss-reactive ketones (excluding diaryl/α,β-unsaturated/α-hetero) is 1. The van der Waals surface area contributed by atoms with Crippen LogP contribution in [0.1, 0.15) is 74.1 Å². The molecule has 4 saturated carbocycles. The van der Waals surface area contributed by atoms with Crippen molar-refractivity contribution in [2.24, 2.45) is 34.0 Å². The van der Waals surface area contributed by atoms with Crippen molar-refractivity contribution in [1.29, 1.82) is 0 Å². The molecule has 2 bridgehead atoms. The smallest absolute Gasteiger partial charge is 0.302 e. The van der Waals surface area contributed by atoms with Gasteiger partial charge in [-0.15, -0.1) is 0 Å². The fourth-order valence-corrected chi connectivity index (χ4v) is 8.69. The Bertz CT molecular complexity index is 1060. The molecule has 0 saturated heterocycles. The summed E-state index contributed by atoms with van der Waals surface area (Å²) in [6.45, 7) is 15.5. The second-order valence-electron chi connectivity index (χ2n) is 12.2. The molecule has 0 heterocycles. The lowest BCUT2D eigenvalue weighted by Crippen LogP contribution is -2.74. The molecule has 1 spiro atoms. The fourth-order valence-electron chi connectivity index (χ4n) is 8.69. The van der Waals surface area contributed by atoms with Crippen LogP contribution in [0.15, 0.2) is 12.2 Å². The van der Waals surface area contributed by atoms with Gasteiger partial charge in [-0.1, -0.05) is 27.4 Å². The maximum atomic E-state index is 14.3. The first kappa shape index (κ1) is 27.3. The third-order valence-electron chi connectivity index (χ3n) is 9.66. The summed E-state index contributed by atoms with van der Waals surface area (Å²) in [5, 5.41) is 0. The molecule has 9 nitrogen and oxygen atoms in total. The van der Waals surface area contributed by atoms with E-state index in [1.807, 2.05) is 6.92 Å². The number of ketones is 1. The van der Waals surface area contributed by atoms with Crippen LogP contribution < -0.4 is 0 Å². The maximum Gasteiger partial charge on any atom is 0.302 e. The summed E-state index contributed by atoms with van der Waals surface area (Å²) in [5.41, 5.74) is -2.41. The van der Waals surface area contributed by atoms with E-state index in [4.69, 9.17) is 18.9 Å². The topological polar surface area (TPSA) is 122 Å². The maximum absolute atomic E-state index is 14.3. The van der Waals surface area contributed by atoms with Crippen molar-refractivity contribution in [1.82, 2.24) is 0 Å². The molecule has 0 N–H and O–H groups in total. The number of hydrogen-bond donors (Lipinski definition) is 0. The SMILES string of the molecule is C=C1C(=O)C23C(OC(C)=O)CC4C(C)(C)CCC(OC(C)=O)C4(C)C2C(OC(C)=O)CC1C3OC(C)=O. The summed E-state index contributed by atoms with van der Waals surface area (Å²) >= 11 is 0. The van der Waals surface area contributed by atoms with Gasteiger partial charge in [-0.3, -0.25) is 24.0 Å². The number of fused-ring (bicyclic) bond motifs is 3. The highest BCUT2D eigenvalue weighted by Crippen LogP contribution is 2.72. The van der Waals surface area contributed by atoms with Crippen LogP contribution in [0.5, 0.6) is 0 Å². The average Bonchev–Trinajstić information content (AvgIpc) is 2.87. The van der Waals surface area contributed by atoms with Crippen LogP contribution in [-0.4, -0.2) is 54.1 Å². The molecule has 0 aliphatic heterocycles. The molecule has 4 aliphatic rings. The molecule has 9 heteroatoms. The molecule has 0 aromatic heterocycles. The van der Waals surface area contributed by atoms with Crippen molar-refractivity contribution < 1.29 is 42.9 Å². The van der Waals surface area contributed by atoms with E-state index >= 15 is 0 Å². The molecule has 0 aromatic carbocycles. The van der Waals surface area contributed by atoms with Gasteiger partial charge in [0.2, 0.25) is 0 Å². The van der Waals surface area contributed by atoms with Crippen molar-refractivity contribution in [2.45, 2.75) is 98.6 Å². The number of esters is 4. The Kier molecular flexibility index (Phi) is 6.61. The van der Waals surface area contributed by atoms with Crippen molar-refractivity contribution >= 4 is 29.7 Å². The Labute approximate surface area is 217 Å². The Morgan fingerprint density at radius 1 is 0.811 bits per heavy atom. The van der Waals surface area contributed by atoms with Crippen LogP contribution in [0.4, 0.5) is 0 Å². The first-order valence-corrected chi connectivity index (χ1v) is 13.0. The van der Waals surface area contributed by atoms with Gasteiger partial charge < -0.3 is 18.9 Å². The average molecular weight is 519 g/mol. The summed E-state index contributed by atoms with van der Waals surface area (Å²) in [4.78, 5) is 63.8. The monoisotopic (exact) mass is 518 g/mol. The second-order valence-corrected chi connectivity index (χ2v) is 12.2. The van der Waals surface area contributed by atoms with Crippen LogP contribution in [0.25, 0.3) is 0 Å². The molecule has 9 atom stereocenters. The second kappa shape index (κ2) is 8.95. The van der Waals surface area contributed by atoms with Gasteiger partial charge in [0, 0.05) is 44.9 Å². The summed E-state index contributed by atoms with van der Waals surface area (Å²) in [7, 11) is 0. The van der Waals surface area contributed by atoms with Crippen LogP contribution in [0.2, 0.25) is 0 Å². The van der Waals surface area contributed by atoms with Crippen LogP contribution in [-0.2, 0) is 42.9 Å². The zero-order valence-corrected chi connectivity index (χ0v) is 22.8. The lowest BCUT2D eigenvalue weighted by Gasteiger charge is -2.67. The zero-order valence-electron chi connectivity index (χ0n) is 22.8. The highest BCUT2D eigenvalue weighted by atomic mass is 16.6. The molecular formula is C28H38O9. The quantitative estimate of drug-likeness (QED) is 0.313. The van der Waals surface area contributed by atoms with E-state index in [9.17, 15) is 24.0 Å². The van der Waals surface area contributed by atoms with E-state index < -0.39 is 71.0 Å². The Hall–Kier alpha value is -2.71. The van der Waals surface area contributed by atoms with Crippen LogP contribution >= 0.6 is 0 Å². The van der Waals surface area contributed by atoms with Crippen LogP contribution in [0.3, 0.4) is 0 Å². The number of rotatable bonds is 4. The van der Waals surface area contributed by atoms with Gasteiger partial charge in [0.05, 0.1) is 0 Å². The predicted molar refractivity (Wildman–Crippen MR) is 130 cm³/mol. The fraction of sp³-hybridized carbons (Fsp3) is 0.750. The first-order valence-electron chi connectivity index (χ1n) is 13.0. The Morgan fingerprint density at radius 2 is 1.35 bits per heavy atom. The third kappa shape index (κ3) is 3.91. The highest BCUT2D eigenvalue weighted by Gasteiger charge is 2.80. The largest absolute Gasteiger partial charge is 0.462 e. The Morgan fingerprint density at radius 3 is 1.89 bits per heavy atom. The zero-order chi connectivity index (χ0) is 27.7. The summed E-state index contributed by atoms with van der Waals surface area (Å²) < 4.78 is 23.7. The molecule has 0 aromatic rings. The molecule has 9 unspecified atom stereocenters. The normalized spacial score (nSPS) is 41.6. The standard InChI is InChI=1S/C28H38O9/c1-13-18-11-19(34-14(2)29)23-27(8)20(26(6,7)10-9-21(27)35-15(3)30)12-22(36-16(4)31)28(23,24(13)33)25(18)37-17(5)32/h18-23,25H,1,9-12H2,2-8H3. The Balaban J connectivity index is 2.05. The van der Waals surface area contributed by atoms with Crippen molar-refractivity contribution in [3.63, 3.8) is 0 Å². The van der Waals surface area contributed by atoms with E-state index in [-0.39, 0.29) is 29.1 Å². The summed E-state index contributed by atoms with van der Waals surface area (Å²) in [5.74, 6) is -3.98. The van der Waals surface area contributed by atoms with E-state index in [0.29, 0.717) is 12.8 Å². The van der Waals surface area contributed by atoms with Crippen molar-refractivity contribution in [3.05, 3.63) is 12.2 Å². The molecule has 204 valence electrons. The van der Waals surface area contributed by atoms with Crippen LogP contribution in [0, 0.1) is 34.0 Å². The number of carbonyl (C=O) groups is 5. The third-order valence-corrected chi connectivity index (χ3v) is 9.66. The molecule has 4 aliphatic carbocycles. The van der Waals surface area contributed by atoms with Gasteiger partial charge in [-0.05, 0) is 42.6 Å². The van der Waals surface area contributed by atoms with Crippen molar-refractivity contribution in [2.75, 3.05) is 0 Å². The minimum absolute atomic E-state index is 0.174. The molecule has 0 radical (unpaired) electrons. The lowest BCUT2D eigenvalue weighted by molar-refractivity contribution is -0.283. The van der Waals surface area contributed by atoms with Gasteiger partial charge in [-0.25, -0.2) is 0 Å². The molecule has 4 rings (SSSR count). The molecule has 0 amide bonds. The van der Waals surface area contributed by atoms with Gasteiger partial charge >= 0.3 is 23.9 Å². The van der Waals surface area contributed by atoms with Gasteiger partial charge in [0.15, 0.2) is 5.78 Å². The number of carbonyl (C=O) groups excluding carboxylic acids is 5. The van der Waals surface area contributed by atoms with E-state index in [1.54, 1.807) is 0 Å². The van der Waals surface area contributed by atoms with Gasteiger partial charge in [0.1, 0.15) is 29.8 Å². The van der Waals surface area contributed by atoms with E-state index in [0.717, 1.165) is 6.42 Å².